The largest absolute Gasteiger partial charge is 0.367 e. The minimum absolute atomic E-state index is 0.495. The molecule has 1 N–H and O–H groups in total. The molecule has 3 nitrogen and oxygen atoms in total. The molecule has 0 atom stereocenters. The molecule has 4 heteroatoms. The minimum atomic E-state index is 0.495. The van der Waals surface area contributed by atoms with Gasteiger partial charge in [-0.2, -0.15) is 0 Å². The lowest BCUT2D eigenvalue weighted by molar-refractivity contribution is 1.08. The monoisotopic (exact) mass is 245 g/mol. The number of rotatable bonds is 3. The average molecular weight is 246 g/mol. The van der Waals surface area contributed by atoms with Crippen LogP contribution in [0.15, 0.2) is 36.7 Å². The third-order valence-corrected chi connectivity index (χ3v) is 3.07. The highest BCUT2D eigenvalue weighted by atomic mass is 35.5. The zero-order chi connectivity index (χ0) is 11.7. The van der Waals surface area contributed by atoms with Gasteiger partial charge in [0.2, 0.25) is 0 Å². The molecule has 0 bridgehead atoms. The molecule has 0 saturated heterocycles. The number of anilines is 1. The van der Waals surface area contributed by atoms with E-state index in [2.05, 4.69) is 15.3 Å². The molecule has 0 amide bonds. The normalized spacial score (nSPS) is 14.6. The molecule has 0 aliphatic heterocycles. The summed E-state index contributed by atoms with van der Waals surface area (Å²) >= 11 is 6.18. The summed E-state index contributed by atoms with van der Waals surface area (Å²) in [6.45, 7) is 0. The van der Waals surface area contributed by atoms with E-state index in [1.54, 1.807) is 0 Å². The molecule has 0 radical (unpaired) electrons. The first-order valence-corrected chi connectivity index (χ1v) is 6.05. The third kappa shape index (κ3) is 2.24. The zero-order valence-electron chi connectivity index (χ0n) is 9.23. The maximum atomic E-state index is 6.18. The standard InChI is InChI=1S/C13H12ClN3/c14-12-11(9-4-2-1-3-5-9)13(16-8-15-12)17-10-6-7-10/h1-5,8,10H,6-7H2,(H,15,16,17). The molecule has 86 valence electrons. The van der Waals surface area contributed by atoms with Gasteiger partial charge in [0.05, 0.1) is 5.56 Å². The average Bonchev–Trinajstić information content (AvgIpc) is 3.14. The number of benzene rings is 1. The summed E-state index contributed by atoms with van der Waals surface area (Å²) in [7, 11) is 0. The van der Waals surface area contributed by atoms with Crippen LogP contribution >= 0.6 is 11.6 Å². The van der Waals surface area contributed by atoms with Crippen molar-refractivity contribution in [3.8, 4) is 11.1 Å². The van der Waals surface area contributed by atoms with Gasteiger partial charge in [-0.1, -0.05) is 41.9 Å². The number of halogens is 1. The predicted molar refractivity (Wildman–Crippen MR) is 69.1 cm³/mol. The summed E-state index contributed by atoms with van der Waals surface area (Å²) in [6, 6.07) is 10.5. The van der Waals surface area contributed by atoms with Crippen molar-refractivity contribution in [1.82, 2.24) is 9.97 Å². The Bertz CT molecular complexity index is 523. The predicted octanol–water partition coefficient (Wildman–Crippen LogP) is 3.37. The molecule has 1 saturated carbocycles. The van der Waals surface area contributed by atoms with E-state index in [9.17, 15) is 0 Å². The van der Waals surface area contributed by atoms with Gasteiger partial charge in [-0.3, -0.25) is 0 Å². The van der Waals surface area contributed by atoms with E-state index in [4.69, 9.17) is 11.6 Å². The molecule has 3 rings (SSSR count). The van der Waals surface area contributed by atoms with Gasteiger partial charge in [0, 0.05) is 6.04 Å². The van der Waals surface area contributed by atoms with Crippen LogP contribution in [0.2, 0.25) is 5.15 Å². The molecular formula is C13H12ClN3. The number of hydrogen-bond donors (Lipinski definition) is 1. The first-order chi connectivity index (χ1) is 8.34. The van der Waals surface area contributed by atoms with E-state index in [1.807, 2.05) is 30.3 Å². The van der Waals surface area contributed by atoms with Crippen LogP contribution in [0.5, 0.6) is 0 Å². The highest BCUT2D eigenvalue weighted by molar-refractivity contribution is 6.32. The maximum absolute atomic E-state index is 6.18. The molecule has 1 aromatic carbocycles. The van der Waals surface area contributed by atoms with E-state index >= 15 is 0 Å². The fourth-order valence-corrected chi connectivity index (χ4v) is 2.00. The van der Waals surface area contributed by atoms with Gasteiger partial charge >= 0.3 is 0 Å². The van der Waals surface area contributed by atoms with Crippen LogP contribution in [-0.2, 0) is 0 Å². The van der Waals surface area contributed by atoms with Crippen molar-refractivity contribution in [1.29, 1.82) is 0 Å². The topological polar surface area (TPSA) is 37.8 Å². The Kier molecular flexibility index (Phi) is 2.69. The smallest absolute Gasteiger partial charge is 0.142 e. The number of nitrogens with one attached hydrogen (secondary N) is 1. The molecular weight excluding hydrogens is 234 g/mol. The first-order valence-electron chi connectivity index (χ1n) is 5.67. The van der Waals surface area contributed by atoms with Gasteiger partial charge in [-0.15, -0.1) is 0 Å². The Labute approximate surface area is 105 Å². The van der Waals surface area contributed by atoms with Crippen LogP contribution in [0, 0.1) is 0 Å². The highest BCUT2D eigenvalue weighted by Crippen LogP contribution is 2.34. The van der Waals surface area contributed by atoms with Gasteiger partial charge in [-0.25, -0.2) is 9.97 Å². The van der Waals surface area contributed by atoms with Gasteiger partial charge in [0.25, 0.3) is 0 Å². The van der Waals surface area contributed by atoms with Crippen molar-refractivity contribution in [3.05, 3.63) is 41.8 Å². The summed E-state index contributed by atoms with van der Waals surface area (Å²) < 4.78 is 0. The Balaban J connectivity index is 2.06. The van der Waals surface area contributed by atoms with E-state index < -0.39 is 0 Å². The maximum Gasteiger partial charge on any atom is 0.142 e. The molecule has 1 heterocycles. The summed E-state index contributed by atoms with van der Waals surface area (Å²) in [5.74, 6) is 0.832. The van der Waals surface area contributed by atoms with Gasteiger partial charge < -0.3 is 5.32 Å². The Morgan fingerprint density at radius 3 is 2.59 bits per heavy atom. The SMILES string of the molecule is Clc1ncnc(NC2CC2)c1-c1ccccc1. The highest BCUT2D eigenvalue weighted by Gasteiger charge is 2.23. The Morgan fingerprint density at radius 1 is 1.12 bits per heavy atom. The lowest BCUT2D eigenvalue weighted by Gasteiger charge is -2.11. The Hall–Kier alpha value is -1.61. The summed E-state index contributed by atoms with van der Waals surface area (Å²) in [4.78, 5) is 8.35. The first kappa shape index (κ1) is 10.5. The van der Waals surface area contributed by atoms with Crippen LogP contribution in [0.25, 0.3) is 11.1 Å². The minimum Gasteiger partial charge on any atom is -0.367 e. The molecule has 1 aromatic heterocycles. The molecule has 17 heavy (non-hydrogen) atoms. The van der Waals surface area contributed by atoms with Crippen molar-refractivity contribution in [2.45, 2.75) is 18.9 Å². The summed E-state index contributed by atoms with van der Waals surface area (Å²) in [6.07, 6.45) is 3.91. The molecule has 1 fully saturated rings. The molecule has 0 unspecified atom stereocenters. The van der Waals surface area contributed by atoms with Crippen molar-refractivity contribution in [2.75, 3.05) is 5.32 Å². The zero-order valence-corrected chi connectivity index (χ0v) is 9.98. The van der Waals surface area contributed by atoms with Crippen LogP contribution < -0.4 is 5.32 Å². The number of aromatic nitrogens is 2. The molecule has 1 aliphatic carbocycles. The second kappa shape index (κ2) is 4.34. The lowest BCUT2D eigenvalue weighted by atomic mass is 10.1. The van der Waals surface area contributed by atoms with E-state index in [1.165, 1.54) is 19.2 Å². The van der Waals surface area contributed by atoms with Crippen molar-refractivity contribution in [3.63, 3.8) is 0 Å². The summed E-state index contributed by atoms with van der Waals surface area (Å²) in [5.41, 5.74) is 1.93. The number of hydrogen-bond acceptors (Lipinski definition) is 3. The van der Waals surface area contributed by atoms with Crippen molar-refractivity contribution < 1.29 is 0 Å². The molecule has 1 aliphatic rings. The van der Waals surface area contributed by atoms with Crippen molar-refractivity contribution in [2.24, 2.45) is 0 Å². The fraction of sp³-hybridized carbons (Fsp3) is 0.231. The van der Waals surface area contributed by atoms with Gasteiger partial charge in [0.1, 0.15) is 17.3 Å². The van der Waals surface area contributed by atoms with E-state index in [-0.39, 0.29) is 0 Å². The third-order valence-electron chi connectivity index (χ3n) is 2.78. The number of nitrogens with zero attached hydrogens (tertiary/aromatic N) is 2. The summed E-state index contributed by atoms with van der Waals surface area (Å²) in [5, 5.41) is 3.88. The van der Waals surface area contributed by atoms with Crippen LogP contribution in [0.1, 0.15) is 12.8 Å². The van der Waals surface area contributed by atoms with Crippen LogP contribution in [-0.4, -0.2) is 16.0 Å². The quantitative estimate of drug-likeness (QED) is 0.843. The second-order valence-electron chi connectivity index (χ2n) is 4.17. The van der Waals surface area contributed by atoms with Crippen LogP contribution in [0.3, 0.4) is 0 Å². The molecule has 0 spiro atoms. The van der Waals surface area contributed by atoms with Crippen molar-refractivity contribution >= 4 is 17.4 Å². The second-order valence-corrected chi connectivity index (χ2v) is 4.53. The van der Waals surface area contributed by atoms with E-state index in [0.29, 0.717) is 11.2 Å². The van der Waals surface area contributed by atoms with Crippen LogP contribution in [0.4, 0.5) is 5.82 Å². The fourth-order valence-electron chi connectivity index (χ4n) is 1.76. The Morgan fingerprint density at radius 2 is 1.88 bits per heavy atom. The van der Waals surface area contributed by atoms with Gasteiger partial charge in [0.15, 0.2) is 0 Å². The van der Waals surface area contributed by atoms with Gasteiger partial charge in [-0.05, 0) is 18.4 Å². The van der Waals surface area contributed by atoms with E-state index in [0.717, 1.165) is 16.9 Å². The molecule has 2 aromatic rings. The lowest BCUT2D eigenvalue weighted by Crippen LogP contribution is -2.05.